The van der Waals surface area contributed by atoms with Gasteiger partial charge < -0.3 is 14.5 Å². The fraction of sp³-hybridized carbons (Fsp3) is 0.391. The number of aryl methyl sites for hydroxylation is 1. The van der Waals surface area contributed by atoms with E-state index in [9.17, 15) is 4.79 Å². The molecule has 0 aliphatic rings. The lowest BCUT2D eigenvalue weighted by Gasteiger charge is -2.20. The van der Waals surface area contributed by atoms with Crippen LogP contribution in [-0.4, -0.2) is 28.9 Å². The second kappa shape index (κ2) is 9.40. The SMILES string of the molecule is CCCCCNC(=O)CC(c1ccccc1OC)c1cnc2cc(C)ccn12. The maximum absolute atomic E-state index is 12.7. The average molecular weight is 380 g/mol. The van der Waals surface area contributed by atoms with Crippen LogP contribution in [0.3, 0.4) is 0 Å². The minimum Gasteiger partial charge on any atom is -0.496 e. The number of unbranched alkanes of at least 4 members (excludes halogenated alkanes) is 2. The molecule has 0 spiro atoms. The Hall–Kier alpha value is -2.82. The van der Waals surface area contributed by atoms with E-state index in [0.717, 1.165) is 54.0 Å². The number of ether oxygens (including phenoxy) is 1. The first kappa shape index (κ1) is 19.9. The van der Waals surface area contributed by atoms with Crippen molar-refractivity contribution < 1.29 is 9.53 Å². The van der Waals surface area contributed by atoms with Gasteiger partial charge in [-0.1, -0.05) is 38.0 Å². The minimum absolute atomic E-state index is 0.0501. The van der Waals surface area contributed by atoms with Crippen LogP contribution in [0.2, 0.25) is 0 Å². The lowest BCUT2D eigenvalue weighted by molar-refractivity contribution is -0.121. The number of para-hydroxylation sites is 1. The minimum atomic E-state index is -0.139. The number of pyridine rings is 1. The Bertz CT molecular complexity index is 932. The van der Waals surface area contributed by atoms with Crippen LogP contribution in [0.4, 0.5) is 0 Å². The van der Waals surface area contributed by atoms with Crippen LogP contribution >= 0.6 is 0 Å². The first-order valence-corrected chi connectivity index (χ1v) is 9.97. The number of amides is 1. The van der Waals surface area contributed by atoms with Crippen LogP contribution < -0.4 is 10.1 Å². The van der Waals surface area contributed by atoms with Gasteiger partial charge in [0.1, 0.15) is 11.4 Å². The van der Waals surface area contributed by atoms with Crippen LogP contribution in [0.1, 0.15) is 55.3 Å². The molecule has 5 nitrogen and oxygen atoms in total. The van der Waals surface area contributed by atoms with Crippen molar-refractivity contribution in [1.82, 2.24) is 14.7 Å². The van der Waals surface area contributed by atoms with E-state index >= 15 is 0 Å². The summed E-state index contributed by atoms with van der Waals surface area (Å²) in [5.41, 5.74) is 4.03. The summed E-state index contributed by atoms with van der Waals surface area (Å²) < 4.78 is 7.65. The first-order chi connectivity index (χ1) is 13.6. The van der Waals surface area contributed by atoms with Crippen molar-refractivity contribution in [3.8, 4) is 5.75 Å². The summed E-state index contributed by atoms with van der Waals surface area (Å²) in [6.07, 6.45) is 7.53. The van der Waals surface area contributed by atoms with E-state index in [0.29, 0.717) is 6.42 Å². The quantitative estimate of drug-likeness (QED) is 0.558. The van der Waals surface area contributed by atoms with Gasteiger partial charge in [-0.05, 0) is 37.1 Å². The van der Waals surface area contributed by atoms with Crippen molar-refractivity contribution in [3.05, 3.63) is 65.6 Å². The topological polar surface area (TPSA) is 55.6 Å². The number of aromatic nitrogens is 2. The Balaban J connectivity index is 1.93. The van der Waals surface area contributed by atoms with E-state index in [1.54, 1.807) is 7.11 Å². The van der Waals surface area contributed by atoms with Gasteiger partial charge in [-0.15, -0.1) is 0 Å². The lowest BCUT2D eigenvalue weighted by Crippen LogP contribution is -2.26. The third-order valence-electron chi connectivity index (χ3n) is 5.06. The molecule has 0 fully saturated rings. The van der Waals surface area contributed by atoms with Crippen LogP contribution in [-0.2, 0) is 4.79 Å². The summed E-state index contributed by atoms with van der Waals surface area (Å²) in [6, 6.07) is 12.0. The van der Waals surface area contributed by atoms with E-state index in [4.69, 9.17) is 4.74 Å². The molecule has 2 heterocycles. The Morgan fingerprint density at radius 1 is 1.25 bits per heavy atom. The van der Waals surface area contributed by atoms with Crippen molar-refractivity contribution in [2.75, 3.05) is 13.7 Å². The van der Waals surface area contributed by atoms with Gasteiger partial charge in [-0.3, -0.25) is 4.79 Å². The highest BCUT2D eigenvalue weighted by Crippen LogP contribution is 2.34. The van der Waals surface area contributed by atoms with Gasteiger partial charge in [0.05, 0.1) is 12.8 Å². The predicted molar refractivity (Wildman–Crippen MR) is 112 cm³/mol. The lowest BCUT2D eigenvalue weighted by atomic mass is 9.91. The molecular formula is C23H29N3O2. The summed E-state index contributed by atoms with van der Waals surface area (Å²) in [5.74, 6) is 0.697. The largest absolute Gasteiger partial charge is 0.496 e. The number of fused-ring (bicyclic) bond motifs is 1. The predicted octanol–water partition coefficient (Wildman–Crippen LogP) is 4.48. The van der Waals surface area contributed by atoms with E-state index < -0.39 is 0 Å². The molecular weight excluding hydrogens is 350 g/mol. The molecule has 0 aliphatic heterocycles. The molecule has 0 bridgehead atoms. The number of imidazole rings is 1. The third kappa shape index (κ3) is 4.53. The molecule has 1 aromatic carbocycles. The fourth-order valence-corrected chi connectivity index (χ4v) is 3.55. The Morgan fingerprint density at radius 3 is 2.86 bits per heavy atom. The molecule has 5 heteroatoms. The van der Waals surface area contributed by atoms with Gasteiger partial charge in [0.2, 0.25) is 5.91 Å². The number of nitrogens with one attached hydrogen (secondary N) is 1. The van der Waals surface area contributed by atoms with Gasteiger partial charge in [0.25, 0.3) is 0 Å². The molecule has 0 saturated heterocycles. The number of carbonyl (C=O) groups excluding carboxylic acids is 1. The first-order valence-electron chi connectivity index (χ1n) is 9.97. The molecule has 1 unspecified atom stereocenters. The van der Waals surface area contributed by atoms with E-state index in [2.05, 4.69) is 34.6 Å². The molecule has 0 aliphatic carbocycles. The molecule has 0 radical (unpaired) electrons. The Kier molecular flexibility index (Phi) is 6.69. The smallest absolute Gasteiger partial charge is 0.221 e. The summed E-state index contributed by atoms with van der Waals surface area (Å²) in [7, 11) is 1.67. The van der Waals surface area contributed by atoms with Crippen molar-refractivity contribution >= 4 is 11.6 Å². The molecule has 0 saturated carbocycles. The fourth-order valence-electron chi connectivity index (χ4n) is 3.55. The molecule has 2 aromatic heterocycles. The molecule has 3 rings (SSSR count). The highest BCUT2D eigenvalue weighted by atomic mass is 16.5. The number of nitrogens with zero attached hydrogens (tertiary/aromatic N) is 2. The Morgan fingerprint density at radius 2 is 2.07 bits per heavy atom. The maximum atomic E-state index is 12.7. The van der Waals surface area contributed by atoms with Gasteiger partial charge in [0.15, 0.2) is 0 Å². The normalized spacial score (nSPS) is 12.1. The van der Waals surface area contributed by atoms with Gasteiger partial charge in [-0.25, -0.2) is 4.98 Å². The second-order valence-corrected chi connectivity index (χ2v) is 7.17. The van der Waals surface area contributed by atoms with Crippen LogP contribution in [0.15, 0.2) is 48.8 Å². The Labute approximate surface area is 166 Å². The van der Waals surface area contributed by atoms with Crippen molar-refractivity contribution in [2.24, 2.45) is 0 Å². The van der Waals surface area contributed by atoms with Crippen LogP contribution in [0.5, 0.6) is 5.75 Å². The van der Waals surface area contributed by atoms with Gasteiger partial charge in [-0.2, -0.15) is 0 Å². The molecule has 148 valence electrons. The van der Waals surface area contributed by atoms with Crippen molar-refractivity contribution in [1.29, 1.82) is 0 Å². The van der Waals surface area contributed by atoms with Gasteiger partial charge >= 0.3 is 0 Å². The summed E-state index contributed by atoms with van der Waals surface area (Å²) in [6.45, 7) is 4.93. The molecule has 1 amide bonds. The number of hydrogen-bond acceptors (Lipinski definition) is 3. The summed E-state index contributed by atoms with van der Waals surface area (Å²) in [4.78, 5) is 17.3. The van der Waals surface area contributed by atoms with E-state index in [1.807, 2.05) is 42.7 Å². The summed E-state index contributed by atoms with van der Waals surface area (Å²) in [5, 5.41) is 3.06. The van der Waals surface area contributed by atoms with Crippen LogP contribution in [0.25, 0.3) is 5.65 Å². The zero-order chi connectivity index (χ0) is 19.9. The molecule has 1 N–H and O–H groups in total. The summed E-state index contributed by atoms with van der Waals surface area (Å²) >= 11 is 0. The third-order valence-corrected chi connectivity index (χ3v) is 5.06. The number of hydrogen-bond donors (Lipinski definition) is 1. The number of benzene rings is 1. The maximum Gasteiger partial charge on any atom is 0.221 e. The zero-order valence-corrected chi connectivity index (χ0v) is 16.9. The van der Waals surface area contributed by atoms with Gasteiger partial charge in [0, 0.05) is 36.8 Å². The number of carbonyl (C=O) groups is 1. The van der Waals surface area contributed by atoms with Crippen LogP contribution in [0, 0.1) is 6.92 Å². The van der Waals surface area contributed by atoms with E-state index in [1.165, 1.54) is 0 Å². The highest BCUT2D eigenvalue weighted by Gasteiger charge is 2.24. The van der Waals surface area contributed by atoms with Crippen molar-refractivity contribution in [3.63, 3.8) is 0 Å². The second-order valence-electron chi connectivity index (χ2n) is 7.17. The standard InChI is InChI=1S/C23H29N3O2/c1-4-5-8-12-24-23(27)15-19(18-9-6-7-10-21(18)28-3)20-16-25-22-14-17(2)11-13-26(20)22/h6-7,9-11,13-14,16,19H,4-5,8,12,15H2,1-3H3,(H,24,27). The molecule has 28 heavy (non-hydrogen) atoms. The monoisotopic (exact) mass is 379 g/mol. The number of rotatable bonds is 9. The molecule has 3 aromatic rings. The van der Waals surface area contributed by atoms with E-state index in [-0.39, 0.29) is 11.8 Å². The van der Waals surface area contributed by atoms with Crippen molar-refractivity contribution in [2.45, 2.75) is 45.4 Å². The zero-order valence-electron chi connectivity index (χ0n) is 16.9. The number of methoxy groups -OCH3 is 1. The average Bonchev–Trinajstić information content (AvgIpc) is 3.12. The molecule has 1 atom stereocenters. The highest BCUT2D eigenvalue weighted by molar-refractivity contribution is 5.77.